The van der Waals surface area contributed by atoms with E-state index in [1.807, 2.05) is 12.1 Å². The van der Waals surface area contributed by atoms with E-state index < -0.39 is 22.8 Å². The zero-order valence-corrected chi connectivity index (χ0v) is 20.3. The number of ether oxygens (including phenoxy) is 1. The summed E-state index contributed by atoms with van der Waals surface area (Å²) in [4.78, 5) is 17.1. The van der Waals surface area contributed by atoms with Crippen LogP contribution >= 0.6 is 0 Å². The van der Waals surface area contributed by atoms with Crippen LogP contribution in [0.15, 0.2) is 48.5 Å². The van der Waals surface area contributed by atoms with Gasteiger partial charge in [-0.25, -0.2) is 0 Å². The van der Waals surface area contributed by atoms with E-state index in [2.05, 4.69) is 18.0 Å². The maximum Gasteiger partial charge on any atom is 0.416 e. The molecular weight excluding hydrogens is 469 g/mol. The van der Waals surface area contributed by atoms with Gasteiger partial charge in [0.05, 0.1) is 22.6 Å². The highest BCUT2D eigenvalue weighted by Gasteiger charge is 2.72. The molecule has 2 unspecified atom stereocenters. The second-order valence-corrected chi connectivity index (χ2v) is 10.7. The fourth-order valence-electron chi connectivity index (χ4n) is 7.33. The minimum atomic E-state index is -4.40. The summed E-state index contributed by atoms with van der Waals surface area (Å²) < 4.78 is 45.1. The third-order valence-electron chi connectivity index (χ3n) is 9.10. The molecule has 2 aliphatic heterocycles. The molecule has 1 saturated heterocycles. The molecule has 36 heavy (non-hydrogen) atoms. The van der Waals surface area contributed by atoms with Crippen molar-refractivity contribution in [2.24, 2.45) is 0 Å². The number of halogens is 3. The van der Waals surface area contributed by atoms with Gasteiger partial charge in [-0.05, 0) is 74.7 Å². The summed E-state index contributed by atoms with van der Waals surface area (Å²) in [6, 6.07) is 10.6. The fraction of sp³-hybridized carbons (Fsp3) is 0.464. The Morgan fingerprint density at radius 1 is 1.19 bits per heavy atom. The van der Waals surface area contributed by atoms with Crippen molar-refractivity contribution in [2.75, 3.05) is 20.6 Å². The topological polar surface area (TPSA) is 53.0 Å². The summed E-state index contributed by atoms with van der Waals surface area (Å²) in [5.74, 6) is 0.564. The van der Waals surface area contributed by atoms with Crippen LogP contribution in [0, 0.1) is 0 Å². The van der Waals surface area contributed by atoms with Gasteiger partial charge < -0.3 is 19.6 Å². The van der Waals surface area contributed by atoms with E-state index in [4.69, 9.17) is 4.74 Å². The van der Waals surface area contributed by atoms with E-state index in [9.17, 15) is 23.1 Å². The molecule has 1 amide bonds. The Kier molecular flexibility index (Phi) is 5.12. The van der Waals surface area contributed by atoms with E-state index in [0.29, 0.717) is 18.4 Å². The zero-order valence-electron chi connectivity index (χ0n) is 20.3. The molecule has 0 aromatic heterocycles. The third-order valence-corrected chi connectivity index (χ3v) is 9.10. The average molecular weight is 499 g/mol. The Hall–Kier alpha value is -2.84. The highest BCUT2D eigenvalue weighted by molar-refractivity contribution is 5.92. The first-order valence-corrected chi connectivity index (χ1v) is 12.4. The maximum absolute atomic E-state index is 13.2. The number of carbonyl (C=O) groups is 1. The van der Waals surface area contributed by atoms with Gasteiger partial charge in [0.25, 0.3) is 0 Å². The number of piperidine rings is 1. The van der Waals surface area contributed by atoms with Crippen molar-refractivity contribution in [1.29, 1.82) is 0 Å². The molecule has 8 heteroatoms. The lowest BCUT2D eigenvalue weighted by atomic mass is 9.48. The number of carbonyl (C=O) groups excluding carboxylic acids is 1. The second-order valence-electron chi connectivity index (χ2n) is 10.7. The molecule has 0 radical (unpaired) electrons. The first-order valence-electron chi connectivity index (χ1n) is 12.4. The molecule has 1 saturated carbocycles. The van der Waals surface area contributed by atoms with Crippen molar-refractivity contribution in [2.45, 2.75) is 61.1 Å². The van der Waals surface area contributed by atoms with Crippen LogP contribution in [0.5, 0.6) is 5.75 Å². The summed E-state index contributed by atoms with van der Waals surface area (Å²) in [5, 5.41) is 12.2. The quantitative estimate of drug-likeness (QED) is 0.650. The number of hydrogen-bond donors (Lipinski definition) is 1. The van der Waals surface area contributed by atoms with Crippen LogP contribution in [0.2, 0.25) is 0 Å². The van der Waals surface area contributed by atoms with E-state index >= 15 is 0 Å². The van der Waals surface area contributed by atoms with Gasteiger partial charge in [-0.3, -0.25) is 4.79 Å². The van der Waals surface area contributed by atoms with Crippen molar-refractivity contribution < 1.29 is 27.8 Å². The molecule has 6 rings (SSSR count). The Morgan fingerprint density at radius 2 is 1.94 bits per heavy atom. The molecule has 2 aromatic rings. The van der Waals surface area contributed by atoms with E-state index in [1.54, 1.807) is 11.9 Å². The number of aliphatic hydroxyl groups is 1. The van der Waals surface area contributed by atoms with Gasteiger partial charge in [0, 0.05) is 24.7 Å². The standard InChI is InChI=1S/C28H29F3N2O3/c1-32-15-14-26-24-18-4-3-5-21(24)36-25(26)20(12-13-27(26,35)22(32)16-18)33(2)23(34)11-8-17-6-9-19(10-7-17)28(29,30)31/h3-11,20,22,25,35H,12-16H2,1-2H3/b11-8+/t20?,22-,25?,26+,27-/m1/s1. The second kappa shape index (κ2) is 7.83. The van der Waals surface area contributed by atoms with Gasteiger partial charge >= 0.3 is 6.18 Å². The molecule has 2 heterocycles. The SMILES string of the molecule is CN(C(=O)/C=C/c1ccc(C(F)(F)F)cc1)C1CC[C@@]2(O)[C@H]3Cc4cccc5c4[C@@]2(CCN3C)C1O5. The first-order chi connectivity index (χ1) is 17.1. The number of benzene rings is 2. The zero-order chi connectivity index (χ0) is 25.5. The number of nitrogens with zero attached hydrogens (tertiary/aromatic N) is 2. The van der Waals surface area contributed by atoms with Crippen LogP contribution in [0.4, 0.5) is 13.2 Å². The van der Waals surface area contributed by atoms with Crippen LogP contribution in [-0.4, -0.2) is 65.2 Å². The molecule has 2 aromatic carbocycles. The third kappa shape index (κ3) is 3.13. The van der Waals surface area contributed by atoms with Crippen molar-refractivity contribution in [3.05, 3.63) is 70.8 Å². The lowest BCUT2D eigenvalue weighted by molar-refractivity contribution is -0.195. The summed E-state index contributed by atoms with van der Waals surface area (Å²) in [7, 11) is 3.82. The lowest BCUT2D eigenvalue weighted by Crippen LogP contribution is -2.77. The van der Waals surface area contributed by atoms with Gasteiger partial charge in [-0.15, -0.1) is 0 Å². The van der Waals surface area contributed by atoms with E-state index in [-0.39, 0.29) is 24.1 Å². The normalized spacial score (nSPS) is 32.8. The number of alkyl halides is 3. The summed E-state index contributed by atoms with van der Waals surface area (Å²) in [5.41, 5.74) is 0.629. The minimum Gasteiger partial charge on any atom is -0.487 e. The highest BCUT2D eigenvalue weighted by Crippen LogP contribution is 2.64. The maximum atomic E-state index is 13.2. The first kappa shape index (κ1) is 23.6. The highest BCUT2D eigenvalue weighted by atomic mass is 19.4. The summed E-state index contributed by atoms with van der Waals surface area (Å²) >= 11 is 0. The number of hydrogen-bond acceptors (Lipinski definition) is 4. The van der Waals surface area contributed by atoms with Crippen LogP contribution in [0.25, 0.3) is 6.08 Å². The van der Waals surface area contributed by atoms with Crippen LogP contribution in [0.1, 0.15) is 41.5 Å². The molecule has 5 nitrogen and oxygen atoms in total. The minimum absolute atomic E-state index is 0.000256. The molecule has 2 bridgehead atoms. The predicted molar refractivity (Wildman–Crippen MR) is 128 cm³/mol. The number of rotatable bonds is 3. The van der Waals surface area contributed by atoms with Gasteiger partial charge in [0.1, 0.15) is 11.9 Å². The van der Waals surface area contributed by atoms with Gasteiger partial charge in [0.2, 0.25) is 5.91 Å². The molecule has 5 atom stereocenters. The Bertz CT molecular complexity index is 1240. The summed E-state index contributed by atoms with van der Waals surface area (Å²) in [6.45, 7) is 0.846. The lowest BCUT2D eigenvalue weighted by Gasteiger charge is -2.64. The fourth-order valence-corrected chi connectivity index (χ4v) is 7.33. The Morgan fingerprint density at radius 3 is 2.67 bits per heavy atom. The molecule has 2 fully saturated rings. The number of likely N-dealkylation sites (tertiary alicyclic amines) is 1. The average Bonchev–Trinajstić information content (AvgIpc) is 3.19. The Balaban J connectivity index is 1.29. The summed E-state index contributed by atoms with van der Waals surface area (Å²) in [6.07, 6.45) is 0.878. The van der Waals surface area contributed by atoms with Crippen molar-refractivity contribution in [3.8, 4) is 5.75 Å². The predicted octanol–water partition coefficient (Wildman–Crippen LogP) is 4.03. The smallest absolute Gasteiger partial charge is 0.416 e. The molecule has 2 aliphatic carbocycles. The van der Waals surface area contributed by atoms with Crippen LogP contribution < -0.4 is 4.74 Å². The van der Waals surface area contributed by atoms with Gasteiger partial charge in [0.15, 0.2) is 0 Å². The van der Waals surface area contributed by atoms with E-state index in [1.165, 1.54) is 29.8 Å². The molecular formula is C28H29F3N2O3. The van der Waals surface area contributed by atoms with Crippen molar-refractivity contribution in [1.82, 2.24) is 9.80 Å². The molecule has 1 N–H and O–H groups in total. The van der Waals surface area contributed by atoms with Gasteiger partial charge in [-0.2, -0.15) is 13.2 Å². The molecule has 1 spiro atoms. The molecule has 4 aliphatic rings. The molecule has 190 valence electrons. The van der Waals surface area contributed by atoms with Crippen LogP contribution in [0.3, 0.4) is 0 Å². The van der Waals surface area contributed by atoms with Crippen LogP contribution in [-0.2, 0) is 22.8 Å². The van der Waals surface area contributed by atoms with Crippen molar-refractivity contribution >= 4 is 12.0 Å². The largest absolute Gasteiger partial charge is 0.487 e. The van der Waals surface area contributed by atoms with Gasteiger partial charge in [-0.1, -0.05) is 24.3 Å². The number of amides is 1. The number of likely N-dealkylation sites (N-methyl/N-ethyl adjacent to an activating group) is 2. The Labute approximate surface area is 208 Å². The van der Waals surface area contributed by atoms with Crippen molar-refractivity contribution in [3.63, 3.8) is 0 Å². The van der Waals surface area contributed by atoms with E-state index in [0.717, 1.165) is 42.8 Å². The monoisotopic (exact) mass is 498 g/mol.